The Balaban J connectivity index is 2.88. The predicted molar refractivity (Wildman–Crippen MR) is 91.3 cm³/mol. The Labute approximate surface area is 155 Å². The van der Waals surface area contributed by atoms with Crippen molar-refractivity contribution in [3.05, 3.63) is 34.4 Å². The number of benzene rings is 1. The molecule has 0 radical (unpaired) electrons. The minimum absolute atomic E-state index is 0.0599. The van der Waals surface area contributed by atoms with Crippen molar-refractivity contribution >= 4 is 34.5 Å². The number of ketones is 1. The maximum Gasteiger partial charge on any atom is 0.450 e. The molecule has 0 aromatic heterocycles. The van der Waals surface area contributed by atoms with E-state index in [-0.39, 0.29) is 23.5 Å². The van der Waals surface area contributed by atoms with Crippen LogP contribution in [0, 0.1) is 21.4 Å². The van der Waals surface area contributed by atoms with Gasteiger partial charge >= 0.3 is 12.1 Å². The van der Waals surface area contributed by atoms with Gasteiger partial charge in [-0.15, -0.1) is 0 Å². The Morgan fingerprint density at radius 1 is 1.29 bits per heavy atom. The van der Waals surface area contributed by atoms with Crippen molar-refractivity contribution in [2.24, 2.45) is 10.2 Å². The Kier molecular flexibility index (Phi) is 7.75. The number of Topliss-reactive ketones (excluding diaryl/α,β-unsaturated/α-hetero) is 1. The summed E-state index contributed by atoms with van der Waals surface area (Å²) in [5, 5.41) is 26.7. The molecule has 1 rings (SSSR count). The van der Waals surface area contributed by atoms with Gasteiger partial charge in [0.25, 0.3) is 5.69 Å². The van der Waals surface area contributed by atoms with Crippen molar-refractivity contribution < 1.29 is 27.7 Å². The molecule has 0 fully saturated rings. The van der Waals surface area contributed by atoms with E-state index in [2.05, 4.69) is 15.6 Å². The first kappa shape index (κ1) is 22.2. The van der Waals surface area contributed by atoms with Crippen LogP contribution in [0.3, 0.4) is 0 Å². The average Bonchev–Trinajstić information content (AvgIpc) is 2.64. The summed E-state index contributed by atoms with van der Waals surface area (Å²) in [5.74, 6) is -3.21. The third-order valence-corrected chi connectivity index (χ3v) is 3.11. The smallest absolute Gasteiger partial charge is 0.289 e. The highest BCUT2D eigenvalue weighted by Crippen LogP contribution is 2.23. The van der Waals surface area contributed by atoms with Gasteiger partial charge in [0.2, 0.25) is 11.5 Å². The number of nitrogens with one attached hydrogen (secondary N) is 2. The molecule has 0 heterocycles. The fourth-order valence-electron chi connectivity index (χ4n) is 1.68. The van der Waals surface area contributed by atoms with Crippen LogP contribution < -0.4 is 10.9 Å². The van der Waals surface area contributed by atoms with Gasteiger partial charge in [-0.2, -0.15) is 28.6 Å². The van der Waals surface area contributed by atoms with Gasteiger partial charge in [-0.3, -0.25) is 25.1 Å². The Hall–Kier alpha value is -3.82. The molecule has 0 aliphatic heterocycles. The summed E-state index contributed by atoms with van der Waals surface area (Å²) in [7, 11) is 0. The number of nitro benzene ring substituents is 1. The first-order valence-electron chi connectivity index (χ1n) is 7.53. The zero-order chi connectivity index (χ0) is 21.3. The topological polar surface area (TPSA) is 150 Å². The molecule has 13 heteroatoms. The van der Waals surface area contributed by atoms with Crippen molar-refractivity contribution in [1.82, 2.24) is 5.43 Å². The second-order valence-corrected chi connectivity index (χ2v) is 5.03. The number of hydrogen-bond acceptors (Lipinski definition) is 8. The SMILES string of the molecule is CC/C(CC(=O)C(F)(F)F)=N/NC(=O)/C(C#N)=N\Nc1ccccc1[N+](=O)[O-]. The van der Waals surface area contributed by atoms with E-state index in [1.807, 2.05) is 5.43 Å². The molecule has 0 saturated heterocycles. The van der Waals surface area contributed by atoms with Crippen molar-refractivity contribution in [1.29, 1.82) is 5.26 Å². The molecule has 0 atom stereocenters. The Morgan fingerprint density at radius 2 is 1.93 bits per heavy atom. The van der Waals surface area contributed by atoms with Gasteiger partial charge in [0.05, 0.1) is 11.3 Å². The number of rotatable bonds is 8. The van der Waals surface area contributed by atoms with E-state index in [0.29, 0.717) is 0 Å². The molecule has 1 aromatic carbocycles. The molecular weight excluding hydrogens is 385 g/mol. The lowest BCUT2D eigenvalue weighted by Gasteiger charge is -2.06. The molecule has 28 heavy (non-hydrogen) atoms. The summed E-state index contributed by atoms with van der Waals surface area (Å²) >= 11 is 0. The van der Waals surface area contributed by atoms with E-state index >= 15 is 0 Å². The van der Waals surface area contributed by atoms with Crippen LogP contribution in [0.15, 0.2) is 34.5 Å². The summed E-state index contributed by atoms with van der Waals surface area (Å²) in [6.45, 7) is 1.42. The minimum Gasteiger partial charge on any atom is -0.289 e. The van der Waals surface area contributed by atoms with E-state index in [1.54, 1.807) is 0 Å². The number of alkyl halides is 3. The highest BCUT2D eigenvalue weighted by molar-refractivity contribution is 6.45. The van der Waals surface area contributed by atoms with Gasteiger partial charge in [-0.05, 0) is 12.5 Å². The lowest BCUT2D eigenvalue weighted by Crippen LogP contribution is -2.30. The lowest BCUT2D eigenvalue weighted by molar-refractivity contribution is -0.384. The van der Waals surface area contributed by atoms with Gasteiger partial charge in [0.15, 0.2) is 0 Å². The second kappa shape index (κ2) is 9.76. The monoisotopic (exact) mass is 398 g/mol. The highest BCUT2D eigenvalue weighted by atomic mass is 19.4. The normalized spacial score (nSPS) is 12.1. The first-order chi connectivity index (χ1) is 13.1. The summed E-state index contributed by atoms with van der Waals surface area (Å²) in [6.07, 6.45) is -6.14. The molecule has 1 aromatic rings. The van der Waals surface area contributed by atoms with Gasteiger partial charge in [-0.25, -0.2) is 5.43 Å². The number of nitriles is 1. The molecule has 0 spiro atoms. The minimum atomic E-state index is -5.03. The van der Waals surface area contributed by atoms with Crippen LogP contribution in [0.4, 0.5) is 24.5 Å². The van der Waals surface area contributed by atoms with Gasteiger partial charge in [0, 0.05) is 11.8 Å². The van der Waals surface area contributed by atoms with Crippen LogP contribution in [0.25, 0.3) is 0 Å². The van der Waals surface area contributed by atoms with Gasteiger partial charge in [-0.1, -0.05) is 19.1 Å². The second-order valence-electron chi connectivity index (χ2n) is 5.03. The van der Waals surface area contributed by atoms with Crippen molar-refractivity contribution in [2.45, 2.75) is 25.9 Å². The van der Waals surface area contributed by atoms with E-state index in [0.717, 1.165) is 0 Å². The molecule has 0 bridgehead atoms. The zero-order valence-corrected chi connectivity index (χ0v) is 14.3. The Bertz CT molecular complexity index is 873. The average molecular weight is 398 g/mol. The number of hydrogen-bond donors (Lipinski definition) is 2. The van der Waals surface area contributed by atoms with Crippen LogP contribution in [0.5, 0.6) is 0 Å². The number of carbonyl (C=O) groups is 2. The third-order valence-electron chi connectivity index (χ3n) is 3.11. The largest absolute Gasteiger partial charge is 0.450 e. The highest BCUT2D eigenvalue weighted by Gasteiger charge is 2.38. The number of halogens is 3. The summed E-state index contributed by atoms with van der Waals surface area (Å²) in [4.78, 5) is 33.0. The fraction of sp³-hybridized carbons (Fsp3) is 0.267. The maximum atomic E-state index is 12.3. The molecule has 1 amide bonds. The number of para-hydroxylation sites is 2. The van der Waals surface area contributed by atoms with E-state index in [4.69, 9.17) is 5.26 Å². The maximum absolute atomic E-state index is 12.3. The van der Waals surface area contributed by atoms with Crippen LogP contribution in [-0.2, 0) is 9.59 Å². The molecule has 2 N–H and O–H groups in total. The van der Waals surface area contributed by atoms with Crippen molar-refractivity contribution in [3.8, 4) is 6.07 Å². The zero-order valence-electron chi connectivity index (χ0n) is 14.3. The summed E-state index contributed by atoms with van der Waals surface area (Å²) in [6, 6.07) is 6.71. The lowest BCUT2D eigenvalue weighted by atomic mass is 10.1. The number of hydrazone groups is 2. The summed E-state index contributed by atoms with van der Waals surface area (Å²) in [5.41, 5.74) is 2.50. The van der Waals surface area contributed by atoms with Gasteiger partial charge in [0.1, 0.15) is 11.8 Å². The number of nitrogens with zero attached hydrogens (tertiary/aromatic N) is 4. The Morgan fingerprint density at radius 3 is 2.46 bits per heavy atom. The van der Waals surface area contributed by atoms with Crippen molar-refractivity contribution in [2.75, 3.05) is 5.43 Å². The standard InChI is InChI=1S/C15H13F3N6O4/c1-2-9(7-13(25)15(16,17)18)20-23-14(26)11(8-19)22-21-10-5-3-4-6-12(10)24(27)28/h3-6,21H,2,7H2,1H3,(H,23,26)/b20-9-,22-11-. The number of carbonyl (C=O) groups excluding carboxylic acids is 2. The third kappa shape index (κ3) is 6.48. The summed E-state index contributed by atoms with van der Waals surface area (Å²) < 4.78 is 36.8. The number of amides is 1. The molecule has 10 nitrogen and oxygen atoms in total. The van der Waals surface area contributed by atoms with Crippen LogP contribution >= 0.6 is 0 Å². The molecule has 148 valence electrons. The predicted octanol–water partition coefficient (Wildman–Crippen LogP) is 2.29. The quantitative estimate of drug-likeness (QED) is 0.390. The number of anilines is 1. The first-order valence-corrected chi connectivity index (χ1v) is 7.53. The fourth-order valence-corrected chi connectivity index (χ4v) is 1.68. The van der Waals surface area contributed by atoms with Crippen LogP contribution in [0.1, 0.15) is 19.8 Å². The van der Waals surface area contributed by atoms with Crippen LogP contribution in [0.2, 0.25) is 0 Å². The van der Waals surface area contributed by atoms with E-state index in [1.165, 1.54) is 37.3 Å². The molecule has 0 saturated carbocycles. The van der Waals surface area contributed by atoms with E-state index < -0.39 is 34.9 Å². The molecule has 0 unspecified atom stereocenters. The van der Waals surface area contributed by atoms with Crippen LogP contribution in [-0.4, -0.2) is 34.2 Å². The van der Waals surface area contributed by atoms with E-state index in [9.17, 15) is 32.9 Å². The van der Waals surface area contributed by atoms with Gasteiger partial charge < -0.3 is 0 Å². The number of nitro groups is 1. The molecule has 0 aliphatic rings. The molecular formula is C15H13F3N6O4. The molecule has 0 aliphatic carbocycles. The van der Waals surface area contributed by atoms with Crippen molar-refractivity contribution in [3.63, 3.8) is 0 Å².